The van der Waals surface area contributed by atoms with Crippen LogP contribution >= 0.6 is 23.2 Å². The molecule has 5 N–H and O–H groups in total. The number of carbonyl (C=O) groups is 2. The third-order valence-corrected chi connectivity index (χ3v) is 3.14. The molecule has 6 nitrogen and oxygen atoms in total. The summed E-state index contributed by atoms with van der Waals surface area (Å²) < 4.78 is 13.7. The Bertz CT molecular complexity index is 528. The van der Waals surface area contributed by atoms with E-state index >= 15 is 0 Å². The highest BCUT2D eigenvalue weighted by Gasteiger charge is 2.17. The summed E-state index contributed by atoms with van der Waals surface area (Å²) in [6.45, 7) is 0.00771. The summed E-state index contributed by atoms with van der Waals surface area (Å²) in [6, 6.07) is 1.60. The highest BCUT2D eigenvalue weighted by atomic mass is 35.5. The first-order chi connectivity index (χ1) is 9.32. The van der Waals surface area contributed by atoms with E-state index < -0.39 is 23.9 Å². The Kier molecular flexibility index (Phi) is 6.00. The summed E-state index contributed by atoms with van der Waals surface area (Å²) in [4.78, 5) is 21.9. The Balaban J connectivity index is 2.62. The molecule has 1 aromatic carbocycles. The van der Waals surface area contributed by atoms with Gasteiger partial charge in [0.2, 0.25) is 5.91 Å². The van der Waals surface area contributed by atoms with Crippen molar-refractivity contribution in [2.24, 2.45) is 5.73 Å². The highest BCUT2D eigenvalue weighted by molar-refractivity contribution is 6.42. The van der Waals surface area contributed by atoms with Gasteiger partial charge in [0.25, 0.3) is 0 Å². The van der Waals surface area contributed by atoms with E-state index in [-0.39, 0.29) is 28.7 Å². The Labute approximate surface area is 124 Å². The zero-order valence-corrected chi connectivity index (χ0v) is 11.6. The molecule has 110 valence electrons. The Morgan fingerprint density at radius 3 is 2.65 bits per heavy atom. The first-order valence-corrected chi connectivity index (χ1v) is 6.25. The van der Waals surface area contributed by atoms with Crippen molar-refractivity contribution in [1.29, 1.82) is 0 Å². The van der Waals surface area contributed by atoms with Gasteiger partial charge >= 0.3 is 6.09 Å². The van der Waals surface area contributed by atoms with Crippen LogP contribution in [0.1, 0.15) is 6.42 Å². The number of hydrogen-bond donors (Lipinski definition) is 4. The normalized spacial score (nSPS) is 11.8. The fourth-order valence-corrected chi connectivity index (χ4v) is 1.62. The number of carboxylic acid groups (broad SMARTS) is 1. The van der Waals surface area contributed by atoms with Crippen LogP contribution in [0.4, 0.5) is 14.9 Å². The first kappa shape index (κ1) is 16.5. The number of amides is 2. The molecule has 2 amide bonds. The van der Waals surface area contributed by atoms with Crippen molar-refractivity contribution in [3.05, 3.63) is 28.0 Å². The summed E-state index contributed by atoms with van der Waals surface area (Å²) >= 11 is 11.2. The molecule has 0 aromatic heterocycles. The molecule has 0 heterocycles. The van der Waals surface area contributed by atoms with Gasteiger partial charge in [0, 0.05) is 6.54 Å². The van der Waals surface area contributed by atoms with Crippen LogP contribution in [0.2, 0.25) is 10.0 Å². The first-order valence-electron chi connectivity index (χ1n) is 5.49. The number of rotatable bonds is 5. The second kappa shape index (κ2) is 7.28. The maximum absolute atomic E-state index is 13.7. The summed E-state index contributed by atoms with van der Waals surface area (Å²) in [5.41, 5.74) is 5.40. The minimum Gasteiger partial charge on any atom is -0.465 e. The molecule has 0 radical (unpaired) electrons. The number of carbonyl (C=O) groups excluding carboxylic acids is 1. The van der Waals surface area contributed by atoms with E-state index in [1.54, 1.807) is 0 Å². The second-order valence-electron chi connectivity index (χ2n) is 3.84. The van der Waals surface area contributed by atoms with E-state index in [4.69, 9.17) is 34.0 Å². The Hall–Kier alpha value is -1.57. The number of halogens is 3. The van der Waals surface area contributed by atoms with Crippen LogP contribution in [-0.2, 0) is 4.79 Å². The summed E-state index contributed by atoms with van der Waals surface area (Å²) in [5.74, 6) is -1.52. The fraction of sp³-hybridized carbons (Fsp3) is 0.273. The largest absolute Gasteiger partial charge is 0.465 e. The van der Waals surface area contributed by atoms with Crippen molar-refractivity contribution in [3.8, 4) is 0 Å². The topological polar surface area (TPSA) is 104 Å². The zero-order valence-electron chi connectivity index (χ0n) is 10.1. The molecule has 0 saturated carbocycles. The number of anilines is 1. The summed E-state index contributed by atoms with van der Waals surface area (Å²) in [7, 11) is 0. The molecule has 1 aromatic rings. The van der Waals surface area contributed by atoms with Gasteiger partial charge in [-0.2, -0.15) is 0 Å². The summed E-state index contributed by atoms with van der Waals surface area (Å²) in [5, 5.41) is 12.4. The van der Waals surface area contributed by atoms with Crippen LogP contribution in [0, 0.1) is 5.82 Å². The van der Waals surface area contributed by atoms with Crippen LogP contribution in [0.5, 0.6) is 0 Å². The lowest BCUT2D eigenvalue weighted by atomic mass is 10.2. The Morgan fingerprint density at radius 1 is 1.40 bits per heavy atom. The van der Waals surface area contributed by atoms with E-state index in [0.29, 0.717) is 0 Å². The number of nitrogens with two attached hydrogens (primary N) is 1. The van der Waals surface area contributed by atoms with Gasteiger partial charge < -0.3 is 21.5 Å². The predicted molar refractivity (Wildman–Crippen MR) is 73.7 cm³/mol. The smallest absolute Gasteiger partial charge is 0.404 e. The molecule has 0 aliphatic rings. The molecule has 0 aliphatic heterocycles. The van der Waals surface area contributed by atoms with E-state index in [1.165, 1.54) is 12.1 Å². The van der Waals surface area contributed by atoms with Crippen LogP contribution < -0.4 is 16.4 Å². The molecule has 0 spiro atoms. The lowest BCUT2D eigenvalue weighted by Gasteiger charge is -2.13. The minimum absolute atomic E-state index is 0.00771. The van der Waals surface area contributed by atoms with Gasteiger partial charge in [0.05, 0.1) is 21.8 Å². The van der Waals surface area contributed by atoms with E-state index in [2.05, 4.69) is 10.6 Å². The second-order valence-corrected chi connectivity index (χ2v) is 4.62. The van der Waals surface area contributed by atoms with Crippen molar-refractivity contribution in [3.63, 3.8) is 0 Å². The van der Waals surface area contributed by atoms with E-state index in [1.807, 2.05) is 0 Å². The lowest BCUT2D eigenvalue weighted by Crippen LogP contribution is -2.39. The lowest BCUT2D eigenvalue weighted by molar-refractivity contribution is -0.117. The van der Waals surface area contributed by atoms with Gasteiger partial charge in [-0.15, -0.1) is 0 Å². The monoisotopic (exact) mass is 323 g/mol. The third-order valence-electron chi connectivity index (χ3n) is 2.36. The number of hydrogen-bond acceptors (Lipinski definition) is 3. The van der Waals surface area contributed by atoms with Crippen molar-refractivity contribution in [1.82, 2.24) is 5.32 Å². The molecule has 1 unspecified atom stereocenters. The van der Waals surface area contributed by atoms with Crippen molar-refractivity contribution < 1.29 is 19.1 Å². The van der Waals surface area contributed by atoms with Crippen LogP contribution in [0.15, 0.2) is 12.1 Å². The standard InChI is InChI=1S/C11H12Cl2FN3O3/c12-5-1-2-7(9(14)8(5)13)17-10(18)6(15)3-4-16-11(19)20/h1-2,6,16H,3-4,15H2,(H,17,18)(H,19,20). The van der Waals surface area contributed by atoms with Crippen LogP contribution in [0.3, 0.4) is 0 Å². The SMILES string of the molecule is NC(CCNC(=O)O)C(=O)Nc1ccc(Cl)c(Cl)c1F. The average Bonchev–Trinajstić information content (AvgIpc) is 2.38. The number of benzene rings is 1. The molecular weight excluding hydrogens is 312 g/mol. The van der Waals surface area contributed by atoms with E-state index in [0.717, 1.165) is 0 Å². The van der Waals surface area contributed by atoms with Crippen molar-refractivity contribution >= 4 is 40.9 Å². The van der Waals surface area contributed by atoms with Crippen LogP contribution in [0.25, 0.3) is 0 Å². The van der Waals surface area contributed by atoms with Gasteiger partial charge in [0.1, 0.15) is 0 Å². The quantitative estimate of drug-likeness (QED) is 0.622. The van der Waals surface area contributed by atoms with Crippen molar-refractivity contribution in [2.75, 3.05) is 11.9 Å². The highest BCUT2D eigenvalue weighted by Crippen LogP contribution is 2.29. The molecule has 0 bridgehead atoms. The Morgan fingerprint density at radius 2 is 2.05 bits per heavy atom. The average molecular weight is 324 g/mol. The van der Waals surface area contributed by atoms with Gasteiger partial charge in [-0.3, -0.25) is 4.79 Å². The predicted octanol–water partition coefficient (Wildman–Crippen LogP) is 2.06. The zero-order chi connectivity index (χ0) is 15.3. The van der Waals surface area contributed by atoms with E-state index in [9.17, 15) is 14.0 Å². The minimum atomic E-state index is -1.21. The molecule has 0 saturated heterocycles. The summed E-state index contributed by atoms with van der Waals surface area (Å²) in [6.07, 6.45) is -1.14. The molecule has 1 atom stereocenters. The molecule has 9 heteroatoms. The third kappa shape index (κ3) is 4.52. The molecule has 20 heavy (non-hydrogen) atoms. The van der Waals surface area contributed by atoms with Gasteiger partial charge in [-0.05, 0) is 18.6 Å². The molecular formula is C11H12Cl2FN3O3. The van der Waals surface area contributed by atoms with Crippen molar-refractivity contribution in [2.45, 2.75) is 12.5 Å². The van der Waals surface area contributed by atoms with Gasteiger partial charge in [0.15, 0.2) is 5.82 Å². The van der Waals surface area contributed by atoms with Crippen LogP contribution in [-0.4, -0.2) is 29.7 Å². The number of nitrogens with one attached hydrogen (secondary N) is 2. The molecule has 0 aliphatic carbocycles. The van der Waals surface area contributed by atoms with Gasteiger partial charge in [-0.25, -0.2) is 9.18 Å². The maximum Gasteiger partial charge on any atom is 0.404 e. The molecule has 1 rings (SSSR count). The molecule has 0 fully saturated rings. The van der Waals surface area contributed by atoms with Gasteiger partial charge in [-0.1, -0.05) is 23.2 Å². The maximum atomic E-state index is 13.7. The fourth-order valence-electron chi connectivity index (χ4n) is 1.31.